The number of para-hydroxylation sites is 1. The van der Waals surface area contributed by atoms with Crippen LogP contribution in [0.15, 0.2) is 23.2 Å². The number of hydrogen-bond donors (Lipinski definition) is 4. The van der Waals surface area contributed by atoms with Crippen LogP contribution < -0.4 is 22.8 Å². The number of nitrogen functional groups attached to an aromatic ring is 1. The van der Waals surface area contributed by atoms with E-state index in [2.05, 4.69) is 10.4 Å². The van der Waals surface area contributed by atoms with E-state index in [1.165, 1.54) is 5.01 Å². The summed E-state index contributed by atoms with van der Waals surface area (Å²) in [6.07, 6.45) is 0. The molecule has 0 saturated carbocycles. The molecule has 0 bridgehead atoms. The predicted molar refractivity (Wildman–Crippen MR) is 62.2 cm³/mol. The molecule has 1 aromatic carbocycles. The van der Waals surface area contributed by atoms with Crippen molar-refractivity contribution in [3.8, 4) is 0 Å². The normalized spacial score (nSPS) is 11.3. The fraction of sp³-hybridized carbons (Fsp3) is 0.125. The molecule has 0 aliphatic heterocycles. The Bertz CT molecular complexity index is 375. The van der Waals surface area contributed by atoms with Gasteiger partial charge in [-0.25, -0.2) is 16.7 Å². The van der Waals surface area contributed by atoms with Gasteiger partial charge in [-0.15, -0.1) is 0 Å². The molecule has 15 heavy (non-hydrogen) atoms. The molecule has 82 valence electrons. The Balaban J connectivity index is 3.11. The first kappa shape index (κ1) is 11.6. The summed E-state index contributed by atoms with van der Waals surface area (Å²) in [5.41, 5.74) is 8.96. The van der Waals surface area contributed by atoms with Crippen LogP contribution >= 0.6 is 11.6 Å². The van der Waals surface area contributed by atoms with Crippen LogP contribution in [-0.4, -0.2) is 18.0 Å². The zero-order chi connectivity index (χ0) is 11.4. The van der Waals surface area contributed by atoms with Crippen molar-refractivity contribution in [3.63, 3.8) is 0 Å². The molecule has 0 fully saturated rings. The molecule has 0 unspecified atom stereocenters. The van der Waals surface area contributed by atoms with Crippen LogP contribution in [0.25, 0.3) is 0 Å². The number of hydrazine groups is 2. The molecule has 6 nitrogen and oxygen atoms in total. The first-order valence-corrected chi connectivity index (χ1v) is 4.51. The third-order valence-electron chi connectivity index (χ3n) is 1.72. The topological polar surface area (TPSA) is 106 Å². The van der Waals surface area contributed by atoms with E-state index >= 15 is 0 Å². The Hall–Kier alpha value is -1.50. The summed E-state index contributed by atoms with van der Waals surface area (Å²) < 4.78 is 0. The van der Waals surface area contributed by atoms with E-state index in [4.69, 9.17) is 29.0 Å². The van der Waals surface area contributed by atoms with E-state index in [1.54, 1.807) is 25.2 Å². The lowest BCUT2D eigenvalue weighted by Crippen LogP contribution is -2.46. The predicted octanol–water partition coefficient (Wildman–Crippen LogP) is 0.179. The van der Waals surface area contributed by atoms with Gasteiger partial charge in [0.25, 0.3) is 0 Å². The number of nitrogens with one attached hydrogen (secondary N) is 1. The summed E-state index contributed by atoms with van der Waals surface area (Å²) in [4.78, 5) is 4.11. The Morgan fingerprint density at radius 2 is 2.20 bits per heavy atom. The molecule has 0 amide bonds. The SMILES string of the molecule is CN(N)C(=Nc1cccc(Cl)c1N)NN. The highest BCUT2D eigenvalue weighted by molar-refractivity contribution is 6.33. The Kier molecular flexibility index (Phi) is 3.73. The van der Waals surface area contributed by atoms with Crippen molar-refractivity contribution < 1.29 is 0 Å². The third-order valence-corrected chi connectivity index (χ3v) is 2.05. The Morgan fingerprint density at radius 1 is 1.53 bits per heavy atom. The standard InChI is InChI=1S/C8H13ClN6/c1-15(12)8(14-11)13-6-4-2-3-5(9)7(6)10/h2-4H,10-12H2,1H3,(H,13,14). The Morgan fingerprint density at radius 3 is 2.73 bits per heavy atom. The highest BCUT2D eigenvalue weighted by atomic mass is 35.5. The molecule has 0 saturated heterocycles. The summed E-state index contributed by atoms with van der Waals surface area (Å²) >= 11 is 5.83. The summed E-state index contributed by atoms with van der Waals surface area (Å²) in [6, 6.07) is 5.13. The summed E-state index contributed by atoms with van der Waals surface area (Å²) in [5.74, 6) is 11.0. The summed E-state index contributed by atoms with van der Waals surface area (Å²) in [6.45, 7) is 0. The fourth-order valence-electron chi connectivity index (χ4n) is 0.950. The maximum absolute atomic E-state index is 5.83. The second-order valence-electron chi connectivity index (χ2n) is 2.86. The van der Waals surface area contributed by atoms with E-state index in [-0.39, 0.29) is 5.96 Å². The lowest BCUT2D eigenvalue weighted by Gasteiger charge is -2.14. The molecule has 1 rings (SSSR count). The van der Waals surface area contributed by atoms with Crippen molar-refractivity contribution >= 4 is 28.9 Å². The first-order valence-electron chi connectivity index (χ1n) is 4.14. The molecule has 0 aliphatic rings. The Labute approximate surface area is 92.6 Å². The van der Waals surface area contributed by atoms with Crippen molar-refractivity contribution in [3.05, 3.63) is 23.2 Å². The zero-order valence-corrected chi connectivity index (χ0v) is 8.99. The number of nitrogens with zero attached hydrogens (tertiary/aromatic N) is 2. The lowest BCUT2D eigenvalue weighted by molar-refractivity contribution is 0.514. The van der Waals surface area contributed by atoms with Gasteiger partial charge in [-0.1, -0.05) is 17.7 Å². The third kappa shape index (κ3) is 2.72. The minimum atomic E-state index is 0.281. The molecule has 1 aromatic rings. The summed E-state index contributed by atoms with van der Waals surface area (Å²) in [7, 11) is 1.60. The van der Waals surface area contributed by atoms with Gasteiger partial charge in [-0.2, -0.15) is 0 Å². The monoisotopic (exact) mass is 228 g/mol. The van der Waals surface area contributed by atoms with E-state index in [1.807, 2.05) is 0 Å². The fourth-order valence-corrected chi connectivity index (χ4v) is 1.12. The van der Waals surface area contributed by atoms with Crippen LogP contribution in [0.4, 0.5) is 11.4 Å². The van der Waals surface area contributed by atoms with Crippen LogP contribution in [-0.2, 0) is 0 Å². The van der Waals surface area contributed by atoms with Gasteiger partial charge in [0.1, 0.15) is 0 Å². The van der Waals surface area contributed by atoms with Crippen LogP contribution in [0.3, 0.4) is 0 Å². The van der Waals surface area contributed by atoms with Gasteiger partial charge in [0.2, 0.25) is 5.96 Å². The van der Waals surface area contributed by atoms with Crippen molar-refractivity contribution in [1.82, 2.24) is 10.4 Å². The first-order chi connectivity index (χ1) is 7.06. The molecular weight excluding hydrogens is 216 g/mol. The van der Waals surface area contributed by atoms with Gasteiger partial charge in [-0.05, 0) is 12.1 Å². The number of rotatable bonds is 1. The van der Waals surface area contributed by atoms with Crippen LogP contribution in [0.5, 0.6) is 0 Å². The van der Waals surface area contributed by atoms with Crippen LogP contribution in [0, 0.1) is 0 Å². The maximum Gasteiger partial charge on any atom is 0.227 e. The van der Waals surface area contributed by atoms with Crippen molar-refractivity contribution in [2.75, 3.05) is 12.8 Å². The zero-order valence-electron chi connectivity index (χ0n) is 8.24. The van der Waals surface area contributed by atoms with Crippen molar-refractivity contribution in [2.24, 2.45) is 16.7 Å². The highest BCUT2D eigenvalue weighted by Crippen LogP contribution is 2.29. The number of halogens is 1. The molecule has 7 N–H and O–H groups in total. The van der Waals surface area contributed by atoms with Gasteiger partial charge in [-0.3, -0.25) is 10.4 Å². The summed E-state index contributed by atoms with van der Waals surface area (Å²) in [5, 5.41) is 1.67. The van der Waals surface area contributed by atoms with Crippen molar-refractivity contribution in [2.45, 2.75) is 0 Å². The van der Waals surface area contributed by atoms with Crippen LogP contribution in [0.2, 0.25) is 5.02 Å². The smallest absolute Gasteiger partial charge is 0.227 e. The maximum atomic E-state index is 5.83. The molecule has 0 radical (unpaired) electrons. The second-order valence-corrected chi connectivity index (χ2v) is 3.27. The largest absolute Gasteiger partial charge is 0.396 e. The molecule has 0 aromatic heterocycles. The van der Waals surface area contributed by atoms with E-state index in [9.17, 15) is 0 Å². The average molecular weight is 229 g/mol. The van der Waals surface area contributed by atoms with E-state index in [0.717, 1.165) is 0 Å². The lowest BCUT2D eigenvalue weighted by atomic mass is 10.3. The van der Waals surface area contributed by atoms with Crippen molar-refractivity contribution in [1.29, 1.82) is 0 Å². The number of nitrogens with two attached hydrogens (primary N) is 3. The molecule has 0 aliphatic carbocycles. The average Bonchev–Trinajstić information content (AvgIpc) is 2.19. The van der Waals surface area contributed by atoms with Gasteiger partial charge < -0.3 is 5.73 Å². The number of aliphatic imine (C=N–C) groups is 1. The number of hydrogen-bond acceptors (Lipinski definition) is 4. The van der Waals surface area contributed by atoms with Gasteiger partial charge in [0.15, 0.2) is 0 Å². The van der Waals surface area contributed by atoms with Gasteiger partial charge >= 0.3 is 0 Å². The molecule has 0 heterocycles. The van der Waals surface area contributed by atoms with Gasteiger partial charge in [0, 0.05) is 7.05 Å². The molecule has 0 atom stereocenters. The molecular formula is C8H13ClN6. The van der Waals surface area contributed by atoms with Gasteiger partial charge in [0.05, 0.1) is 16.4 Å². The van der Waals surface area contributed by atoms with E-state index < -0.39 is 0 Å². The highest BCUT2D eigenvalue weighted by Gasteiger charge is 2.04. The molecule has 7 heteroatoms. The van der Waals surface area contributed by atoms with E-state index in [0.29, 0.717) is 16.4 Å². The molecule has 0 spiro atoms. The minimum Gasteiger partial charge on any atom is -0.396 e. The minimum absolute atomic E-state index is 0.281. The number of anilines is 1. The number of benzene rings is 1. The van der Waals surface area contributed by atoms with Crippen LogP contribution in [0.1, 0.15) is 0 Å². The second kappa shape index (κ2) is 4.83. The number of guanidine groups is 1. The quantitative estimate of drug-likeness (QED) is 0.180.